The van der Waals surface area contributed by atoms with Gasteiger partial charge in [-0.05, 0) is 51.4 Å². The second-order valence-electron chi connectivity index (χ2n) is 5.98. The molecule has 1 saturated heterocycles. The Labute approximate surface area is 120 Å². The zero-order chi connectivity index (χ0) is 14.1. The molecule has 1 rings (SSSR count). The second kappa shape index (κ2) is 9.23. The van der Waals surface area contributed by atoms with Gasteiger partial charge in [-0.25, -0.2) is 0 Å². The molecule has 1 aliphatic rings. The fraction of sp³-hybridized carbons (Fsp3) is 0.778. The van der Waals surface area contributed by atoms with Gasteiger partial charge in [0.1, 0.15) is 0 Å². The van der Waals surface area contributed by atoms with E-state index >= 15 is 0 Å². The van der Waals surface area contributed by atoms with E-state index in [2.05, 4.69) is 31.9 Å². The quantitative estimate of drug-likeness (QED) is 0.362. The summed E-state index contributed by atoms with van der Waals surface area (Å²) in [7, 11) is 0. The van der Waals surface area contributed by atoms with Gasteiger partial charge in [0, 0.05) is 18.3 Å². The third-order valence-corrected chi connectivity index (χ3v) is 4.50. The number of likely N-dealkylation sites (tertiary alicyclic amines) is 1. The van der Waals surface area contributed by atoms with E-state index in [9.17, 15) is 0 Å². The first-order valence-electron chi connectivity index (χ1n) is 8.30. The predicted octanol–water partition coefficient (Wildman–Crippen LogP) is 5.68. The van der Waals surface area contributed by atoms with Crippen molar-refractivity contribution in [3.63, 3.8) is 0 Å². The minimum Gasteiger partial charge on any atom is -0.372 e. The highest BCUT2D eigenvalue weighted by atomic mass is 15.2. The Morgan fingerprint density at radius 3 is 2.37 bits per heavy atom. The predicted molar refractivity (Wildman–Crippen MR) is 86.3 cm³/mol. The molecule has 0 spiro atoms. The highest BCUT2D eigenvalue weighted by Gasteiger charge is 2.23. The van der Waals surface area contributed by atoms with Crippen molar-refractivity contribution in [1.29, 1.82) is 0 Å². The van der Waals surface area contributed by atoms with E-state index in [-0.39, 0.29) is 0 Å². The molecule has 19 heavy (non-hydrogen) atoms. The summed E-state index contributed by atoms with van der Waals surface area (Å²) in [4.78, 5) is 2.57. The summed E-state index contributed by atoms with van der Waals surface area (Å²) in [6.45, 7) is 14.1. The molecular formula is C18H33N. The average Bonchev–Trinajstić information content (AvgIpc) is 2.90. The normalized spacial score (nSPS) is 18.8. The van der Waals surface area contributed by atoms with Crippen LogP contribution in [0.1, 0.15) is 78.1 Å². The SMILES string of the molecule is C=C(CC)CCCCCCC(=C)N1CCCC1CC. The molecule has 0 aliphatic carbocycles. The molecule has 0 aromatic rings. The van der Waals surface area contributed by atoms with Gasteiger partial charge in [0.05, 0.1) is 0 Å². The molecule has 0 amide bonds. The third-order valence-electron chi connectivity index (χ3n) is 4.50. The summed E-state index contributed by atoms with van der Waals surface area (Å²) in [6, 6.07) is 0.778. The summed E-state index contributed by atoms with van der Waals surface area (Å²) < 4.78 is 0. The van der Waals surface area contributed by atoms with Crippen LogP contribution < -0.4 is 0 Å². The number of hydrogen-bond acceptors (Lipinski definition) is 1. The molecule has 0 aromatic heterocycles. The van der Waals surface area contributed by atoms with Crippen molar-refractivity contribution >= 4 is 0 Å². The molecule has 1 fully saturated rings. The van der Waals surface area contributed by atoms with Crippen LogP contribution in [0.5, 0.6) is 0 Å². The van der Waals surface area contributed by atoms with E-state index in [1.54, 1.807) is 0 Å². The lowest BCUT2D eigenvalue weighted by Gasteiger charge is -2.28. The molecule has 1 aliphatic heterocycles. The van der Waals surface area contributed by atoms with E-state index in [4.69, 9.17) is 0 Å². The zero-order valence-electron chi connectivity index (χ0n) is 13.2. The monoisotopic (exact) mass is 263 g/mol. The maximum absolute atomic E-state index is 4.31. The van der Waals surface area contributed by atoms with Gasteiger partial charge in [0.15, 0.2) is 0 Å². The highest BCUT2D eigenvalue weighted by molar-refractivity contribution is 4.99. The molecular weight excluding hydrogens is 230 g/mol. The molecule has 1 nitrogen and oxygen atoms in total. The molecule has 1 atom stereocenters. The fourth-order valence-electron chi connectivity index (χ4n) is 3.05. The third kappa shape index (κ3) is 5.84. The van der Waals surface area contributed by atoms with Crippen LogP contribution in [0.25, 0.3) is 0 Å². The lowest BCUT2D eigenvalue weighted by molar-refractivity contribution is 0.301. The molecule has 1 heteroatoms. The zero-order valence-corrected chi connectivity index (χ0v) is 13.2. The number of rotatable bonds is 10. The molecule has 0 saturated carbocycles. The molecule has 0 aromatic carbocycles. The smallest absolute Gasteiger partial charge is 0.0284 e. The molecule has 1 unspecified atom stereocenters. The molecule has 0 bridgehead atoms. The Hall–Kier alpha value is -0.720. The second-order valence-corrected chi connectivity index (χ2v) is 5.98. The van der Waals surface area contributed by atoms with Gasteiger partial charge in [-0.15, -0.1) is 0 Å². The van der Waals surface area contributed by atoms with E-state index in [0.29, 0.717) is 0 Å². The minimum atomic E-state index is 0.778. The number of unbranched alkanes of at least 4 members (excludes halogenated alkanes) is 3. The topological polar surface area (TPSA) is 3.24 Å². The fourth-order valence-corrected chi connectivity index (χ4v) is 3.05. The highest BCUT2D eigenvalue weighted by Crippen LogP contribution is 2.26. The number of nitrogens with zero attached hydrogens (tertiary/aromatic N) is 1. The molecule has 0 N–H and O–H groups in total. The standard InChI is InChI=1S/C18H33N/c1-5-16(3)12-9-7-8-10-13-17(4)19-15-11-14-18(19)6-2/h18H,3-15H2,1-2H3. The van der Waals surface area contributed by atoms with Crippen molar-refractivity contribution < 1.29 is 0 Å². The van der Waals surface area contributed by atoms with Crippen molar-refractivity contribution in [2.45, 2.75) is 84.1 Å². The van der Waals surface area contributed by atoms with Crippen molar-refractivity contribution in [3.8, 4) is 0 Å². The molecule has 1 heterocycles. The van der Waals surface area contributed by atoms with Gasteiger partial charge in [0.2, 0.25) is 0 Å². The van der Waals surface area contributed by atoms with Crippen LogP contribution >= 0.6 is 0 Å². The Morgan fingerprint density at radius 2 is 1.74 bits per heavy atom. The van der Waals surface area contributed by atoms with E-state index in [1.807, 2.05) is 0 Å². The first-order valence-corrected chi connectivity index (χ1v) is 8.30. The van der Waals surface area contributed by atoms with Crippen LogP contribution in [0.15, 0.2) is 24.4 Å². The lowest BCUT2D eigenvalue weighted by Crippen LogP contribution is -2.27. The number of hydrogen-bond donors (Lipinski definition) is 0. The summed E-state index contributed by atoms with van der Waals surface area (Å²) in [6.07, 6.45) is 12.9. The van der Waals surface area contributed by atoms with Crippen LogP contribution in [-0.4, -0.2) is 17.5 Å². The van der Waals surface area contributed by atoms with Gasteiger partial charge in [-0.3, -0.25) is 0 Å². The Balaban J connectivity index is 2.06. The summed E-state index contributed by atoms with van der Waals surface area (Å²) in [5, 5.41) is 0. The minimum absolute atomic E-state index is 0.778. The first-order chi connectivity index (χ1) is 9.19. The van der Waals surface area contributed by atoms with E-state index < -0.39 is 0 Å². The maximum atomic E-state index is 4.31. The van der Waals surface area contributed by atoms with E-state index in [0.717, 1.165) is 12.5 Å². The van der Waals surface area contributed by atoms with Crippen molar-refractivity contribution in [3.05, 3.63) is 24.4 Å². The first kappa shape index (κ1) is 16.3. The average molecular weight is 263 g/mol. The van der Waals surface area contributed by atoms with Gasteiger partial charge < -0.3 is 4.90 Å². The largest absolute Gasteiger partial charge is 0.372 e. The van der Waals surface area contributed by atoms with Crippen LogP contribution in [0.4, 0.5) is 0 Å². The van der Waals surface area contributed by atoms with Crippen LogP contribution in [0.2, 0.25) is 0 Å². The summed E-state index contributed by atoms with van der Waals surface area (Å²) in [5.74, 6) is 0. The van der Waals surface area contributed by atoms with Crippen molar-refractivity contribution in [2.75, 3.05) is 6.54 Å². The van der Waals surface area contributed by atoms with Crippen LogP contribution in [-0.2, 0) is 0 Å². The van der Waals surface area contributed by atoms with Crippen LogP contribution in [0.3, 0.4) is 0 Å². The lowest BCUT2D eigenvalue weighted by atomic mass is 10.0. The Kier molecular flexibility index (Phi) is 7.93. The Bertz CT molecular complexity index is 279. The van der Waals surface area contributed by atoms with Crippen LogP contribution in [0, 0.1) is 0 Å². The van der Waals surface area contributed by atoms with E-state index in [1.165, 1.54) is 75.6 Å². The van der Waals surface area contributed by atoms with Gasteiger partial charge in [-0.2, -0.15) is 0 Å². The van der Waals surface area contributed by atoms with Gasteiger partial charge in [0.25, 0.3) is 0 Å². The van der Waals surface area contributed by atoms with Crippen molar-refractivity contribution in [2.24, 2.45) is 0 Å². The molecule has 110 valence electrons. The summed E-state index contributed by atoms with van der Waals surface area (Å²) >= 11 is 0. The Morgan fingerprint density at radius 1 is 1.05 bits per heavy atom. The van der Waals surface area contributed by atoms with Crippen molar-refractivity contribution in [1.82, 2.24) is 4.90 Å². The molecule has 0 radical (unpaired) electrons. The summed E-state index contributed by atoms with van der Waals surface area (Å²) in [5.41, 5.74) is 2.80. The maximum Gasteiger partial charge on any atom is 0.0284 e. The van der Waals surface area contributed by atoms with Gasteiger partial charge in [-0.1, -0.05) is 45.4 Å². The number of allylic oxidation sites excluding steroid dienone is 2. The van der Waals surface area contributed by atoms with Gasteiger partial charge >= 0.3 is 0 Å².